The standard InChI is InChI=1S/C22H25N3O6S2/c1-13(26)25-9-8-14(12-25)10-18(20(27)24-22-23-11-19(32-22)21(28)29)15-2-4-16(5-3-15)33(30,31)17-6-7-17/h2-5,11,14,17-18H,6-10,12H2,1H3,(H,28,29)(H,23,24,27). The fourth-order valence-electron chi connectivity index (χ4n) is 4.12. The van der Waals surface area contributed by atoms with Crippen LogP contribution in [-0.2, 0) is 19.4 Å². The average Bonchev–Trinajstić information content (AvgIpc) is 3.36. The number of sulfone groups is 1. The Hall–Kier alpha value is -2.79. The van der Waals surface area contributed by atoms with Gasteiger partial charge in [0.1, 0.15) is 4.88 Å². The molecule has 0 spiro atoms. The predicted molar refractivity (Wildman–Crippen MR) is 122 cm³/mol. The molecule has 4 rings (SSSR count). The van der Waals surface area contributed by atoms with Crippen LogP contribution in [0.1, 0.15) is 53.8 Å². The second-order valence-corrected chi connectivity index (χ2v) is 11.8. The summed E-state index contributed by atoms with van der Waals surface area (Å²) in [7, 11) is -3.33. The molecule has 1 saturated heterocycles. The number of carboxylic acids is 1. The highest BCUT2D eigenvalue weighted by atomic mass is 32.2. The minimum Gasteiger partial charge on any atom is -0.477 e. The smallest absolute Gasteiger partial charge is 0.347 e. The number of carboxylic acid groups (broad SMARTS) is 1. The second-order valence-electron chi connectivity index (χ2n) is 8.55. The Morgan fingerprint density at radius 1 is 1.21 bits per heavy atom. The summed E-state index contributed by atoms with van der Waals surface area (Å²) in [6.45, 7) is 2.73. The van der Waals surface area contributed by atoms with E-state index in [1.54, 1.807) is 29.2 Å². The van der Waals surface area contributed by atoms with Gasteiger partial charge < -0.3 is 15.3 Å². The monoisotopic (exact) mass is 491 g/mol. The first-order chi connectivity index (χ1) is 15.6. The van der Waals surface area contributed by atoms with Gasteiger partial charge in [0.2, 0.25) is 11.8 Å². The Morgan fingerprint density at radius 2 is 1.91 bits per heavy atom. The summed E-state index contributed by atoms with van der Waals surface area (Å²) in [6, 6.07) is 6.43. The molecule has 2 unspecified atom stereocenters. The van der Waals surface area contributed by atoms with Gasteiger partial charge in [0.05, 0.1) is 22.3 Å². The number of nitrogens with one attached hydrogen (secondary N) is 1. The predicted octanol–water partition coefficient (Wildman–Crippen LogP) is 2.76. The van der Waals surface area contributed by atoms with Gasteiger partial charge in [0, 0.05) is 20.0 Å². The summed E-state index contributed by atoms with van der Waals surface area (Å²) in [5, 5.41) is 11.7. The maximum atomic E-state index is 13.2. The Balaban J connectivity index is 1.55. The minimum atomic E-state index is -3.33. The van der Waals surface area contributed by atoms with Crippen LogP contribution in [0.2, 0.25) is 0 Å². The number of carbonyl (C=O) groups excluding carboxylic acids is 2. The zero-order chi connectivity index (χ0) is 23.8. The van der Waals surface area contributed by atoms with Gasteiger partial charge in [-0.05, 0) is 49.3 Å². The number of thiazole rings is 1. The van der Waals surface area contributed by atoms with Crippen LogP contribution >= 0.6 is 11.3 Å². The summed E-state index contributed by atoms with van der Waals surface area (Å²) in [4.78, 5) is 42.0. The van der Waals surface area contributed by atoms with Crippen molar-refractivity contribution in [2.75, 3.05) is 18.4 Å². The third-order valence-corrected chi connectivity index (χ3v) is 9.32. The number of amides is 2. The van der Waals surface area contributed by atoms with Crippen LogP contribution in [0.15, 0.2) is 35.4 Å². The molecule has 1 aromatic carbocycles. The van der Waals surface area contributed by atoms with Crippen molar-refractivity contribution < 1.29 is 27.9 Å². The first kappa shape index (κ1) is 23.4. The number of hydrogen-bond acceptors (Lipinski definition) is 7. The molecule has 2 atom stereocenters. The van der Waals surface area contributed by atoms with Gasteiger partial charge in [-0.2, -0.15) is 0 Å². The van der Waals surface area contributed by atoms with E-state index in [-0.39, 0.29) is 37.9 Å². The number of aromatic carboxylic acids is 1. The highest BCUT2D eigenvalue weighted by Crippen LogP contribution is 2.35. The van der Waals surface area contributed by atoms with E-state index in [0.717, 1.165) is 17.8 Å². The topological polar surface area (TPSA) is 134 Å². The minimum absolute atomic E-state index is 0.00266. The molecule has 0 radical (unpaired) electrons. The molecule has 2 amide bonds. The molecule has 1 saturated carbocycles. The van der Waals surface area contributed by atoms with Crippen LogP contribution in [-0.4, -0.2) is 59.5 Å². The molecule has 2 aromatic rings. The number of aromatic nitrogens is 1. The molecule has 2 fully saturated rings. The fourth-order valence-corrected chi connectivity index (χ4v) is 6.44. The third-order valence-electron chi connectivity index (χ3n) is 6.14. The molecule has 2 N–H and O–H groups in total. The molecule has 11 heteroatoms. The lowest BCUT2D eigenvalue weighted by atomic mass is 9.87. The van der Waals surface area contributed by atoms with Crippen molar-refractivity contribution in [3.63, 3.8) is 0 Å². The first-order valence-corrected chi connectivity index (χ1v) is 13.1. The van der Waals surface area contributed by atoms with E-state index in [9.17, 15) is 22.8 Å². The quantitative estimate of drug-likeness (QED) is 0.580. The molecule has 1 aromatic heterocycles. The lowest BCUT2D eigenvalue weighted by Crippen LogP contribution is -2.27. The largest absolute Gasteiger partial charge is 0.477 e. The number of hydrogen-bond donors (Lipinski definition) is 2. The van der Waals surface area contributed by atoms with Crippen LogP contribution in [0, 0.1) is 5.92 Å². The van der Waals surface area contributed by atoms with Gasteiger partial charge in [-0.1, -0.05) is 23.5 Å². The third kappa shape index (κ3) is 5.25. The maximum Gasteiger partial charge on any atom is 0.347 e. The number of likely N-dealkylation sites (tertiary alicyclic amines) is 1. The highest BCUT2D eigenvalue weighted by molar-refractivity contribution is 7.92. The van der Waals surface area contributed by atoms with Crippen LogP contribution in [0.3, 0.4) is 0 Å². The highest BCUT2D eigenvalue weighted by Gasteiger charge is 2.37. The second kappa shape index (κ2) is 9.22. The molecule has 33 heavy (non-hydrogen) atoms. The Bertz CT molecular complexity index is 1170. The van der Waals surface area contributed by atoms with Crippen LogP contribution < -0.4 is 5.32 Å². The van der Waals surface area contributed by atoms with E-state index in [2.05, 4.69) is 10.3 Å². The summed E-state index contributed by atoms with van der Waals surface area (Å²) in [5.41, 5.74) is 0.665. The Labute approximate surface area is 195 Å². The molecular weight excluding hydrogens is 466 g/mol. The van der Waals surface area contributed by atoms with E-state index >= 15 is 0 Å². The van der Waals surface area contributed by atoms with Crippen LogP contribution in [0.25, 0.3) is 0 Å². The number of benzene rings is 1. The van der Waals surface area contributed by atoms with Crippen molar-refractivity contribution in [3.8, 4) is 0 Å². The van der Waals surface area contributed by atoms with Crippen molar-refractivity contribution in [3.05, 3.63) is 40.9 Å². The lowest BCUT2D eigenvalue weighted by Gasteiger charge is -2.21. The van der Waals surface area contributed by atoms with Crippen molar-refractivity contribution >= 4 is 44.1 Å². The molecule has 1 aliphatic carbocycles. The average molecular weight is 492 g/mol. The van der Waals surface area contributed by atoms with E-state index < -0.39 is 21.7 Å². The molecule has 176 valence electrons. The molecular formula is C22H25N3O6S2. The molecule has 9 nitrogen and oxygen atoms in total. The normalized spacial score (nSPS) is 19.3. The zero-order valence-electron chi connectivity index (χ0n) is 18.1. The summed E-state index contributed by atoms with van der Waals surface area (Å²) < 4.78 is 25.0. The molecule has 2 aliphatic rings. The SMILES string of the molecule is CC(=O)N1CCC(CC(C(=O)Nc2ncc(C(=O)O)s2)c2ccc(S(=O)(=O)C3CC3)cc2)C1. The first-order valence-electron chi connectivity index (χ1n) is 10.7. The molecule has 0 bridgehead atoms. The maximum absolute atomic E-state index is 13.2. The van der Waals surface area contributed by atoms with E-state index in [0.29, 0.717) is 37.9 Å². The van der Waals surface area contributed by atoms with Crippen molar-refractivity contribution in [2.45, 2.75) is 48.7 Å². The van der Waals surface area contributed by atoms with Gasteiger partial charge in [-0.25, -0.2) is 18.2 Å². The number of nitrogens with zero attached hydrogens (tertiary/aromatic N) is 2. The van der Waals surface area contributed by atoms with Crippen molar-refractivity contribution in [1.29, 1.82) is 0 Å². The van der Waals surface area contributed by atoms with Crippen LogP contribution in [0.4, 0.5) is 5.13 Å². The van der Waals surface area contributed by atoms with E-state index in [1.807, 2.05) is 0 Å². The number of rotatable bonds is 8. The Kier molecular flexibility index (Phi) is 6.53. The van der Waals surface area contributed by atoms with Crippen molar-refractivity contribution in [2.24, 2.45) is 5.92 Å². The van der Waals surface area contributed by atoms with Gasteiger partial charge in [-0.15, -0.1) is 0 Å². The van der Waals surface area contributed by atoms with Gasteiger partial charge >= 0.3 is 5.97 Å². The Morgan fingerprint density at radius 3 is 2.45 bits per heavy atom. The fraction of sp³-hybridized carbons (Fsp3) is 0.455. The summed E-state index contributed by atoms with van der Waals surface area (Å²) in [6.07, 6.45) is 3.79. The van der Waals surface area contributed by atoms with Crippen molar-refractivity contribution in [1.82, 2.24) is 9.88 Å². The summed E-state index contributed by atoms with van der Waals surface area (Å²) in [5.74, 6) is -1.95. The van der Waals surface area contributed by atoms with E-state index in [1.165, 1.54) is 13.1 Å². The van der Waals surface area contributed by atoms with Crippen LogP contribution in [0.5, 0.6) is 0 Å². The number of carbonyl (C=O) groups is 3. The zero-order valence-corrected chi connectivity index (χ0v) is 19.7. The van der Waals surface area contributed by atoms with Gasteiger partial charge in [0.15, 0.2) is 15.0 Å². The summed E-state index contributed by atoms with van der Waals surface area (Å²) >= 11 is 0.870. The molecule has 2 heterocycles. The van der Waals surface area contributed by atoms with Gasteiger partial charge in [-0.3, -0.25) is 9.59 Å². The van der Waals surface area contributed by atoms with Gasteiger partial charge in [0.25, 0.3) is 0 Å². The lowest BCUT2D eigenvalue weighted by molar-refractivity contribution is -0.127. The van der Waals surface area contributed by atoms with E-state index in [4.69, 9.17) is 5.11 Å². The number of anilines is 1. The molecule has 1 aliphatic heterocycles.